The first-order valence-corrected chi connectivity index (χ1v) is 13.9. The van der Waals surface area contributed by atoms with Gasteiger partial charge in [-0.05, 0) is 61.4 Å². The molecule has 3 aromatic rings. The van der Waals surface area contributed by atoms with Crippen LogP contribution in [0.1, 0.15) is 33.5 Å². The number of hydrogen-bond acceptors (Lipinski definition) is 5. The lowest BCUT2D eigenvalue weighted by Crippen LogP contribution is -2.38. The Hall–Kier alpha value is -3.39. The zero-order valence-electron chi connectivity index (χ0n) is 21.7. The number of rotatable bonds is 8. The highest BCUT2D eigenvalue weighted by Crippen LogP contribution is 2.42. The fourth-order valence-corrected chi connectivity index (χ4v) is 5.67. The zero-order valence-corrected chi connectivity index (χ0v) is 22.5. The number of ether oxygens (including phenoxy) is 1. The number of benzene rings is 3. The van der Waals surface area contributed by atoms with E-state index in [1.165, 1.54) is 17.3 Å². The molecule has 0 saturated carbocycles. The lowest BCUT2D eigenvalue weighted by Gasteiger charge is -2.30. The maximum Gasteiger partial charge on any atom is 0.265 e. The van der Waals surface area contributed by atoms with E-state index in [0.29, 0.717) is 23.6 Å². The molecule has 0 aliphatic carbocycles. The fourth-order valence-electron chi connectivity index (χ4n) is 4.61. The number of nitrogens with zero attached hydrogens (tertiary/aromatic N) is 2. The van der Waals surface area contributed by atoms with Crippen molar-refractivity contribution < 1.29 is 14.3 Å². The highest BCUT2D eigenvalue weighted by molar-refractivity contribution is 8.04. The van der Waals surface area contributed by atoms with Crippen LogP contribution in [0.15, 0.2) is 82.6 Å². The first-order valence-electron chi connectivity index (χ1n) is 13.1. The van der Waals surface area contributed by atoms with Crippen LogP contribution in [0, 0.1) is 6.92 Å². The molecule has 38 heavy (non-hydrogen) atoms. The number of morpholine rings is 1. The Kier molecular flexibility index (Phi) is 8.58. The minimum atomic E-state index is -0.0764. The van der Waals surface area contributed by atoms with E-state index in [1.54, 1.807) is 0 Å². The van der Waals surface area contributed by atoms with Gasteiger partial charge in [-0.2, -0.15) is 0 Å². The third-order valence-corrected chi connectivity index (χ3v) is 7.88. The Morgan fingerprint density at radius 1 is 1.00 bits per heavy atom. The van der Waals surface area contributed by atoms with Crippen molar-refractivity contribution in [3.63, 3.8) is 0 Å². The number of nitrogens with one attached hydrogen (secondary N) is 1. The van der Waals surface area contributed by atoms with Crippen molar-refractivity contribution in [1.82, 2.24) is 10.2 Å². The van der Waals surface area contributed by atoms with Crippen LogP contribution < -0.4 is 10.2 Å². The summed E-state index contributed by atoms with van der Waals surface area (Å²) in [4.78, 5) is 32.1. The molecule has 5 rings (SSSR count). The molecule has 196 valence electrons. The van der Waals surface area contributed by atoms with E-state index in [9.17, 15) is 9.59 Å². The average molecular weight is 528 g/mol. The Morgan fingerprint density at radius 3 is 2.50 bits per heavy atom. The van der Waals surface area contributed by atoms with Crippen molar-refractivity contribution in [2.24, 2.45) is 0 Å². The number of carbonyl (C=O) groups is 2. The molecule has 2 heterocycles. The average Bonchev–Trinajstić information content (AvgIpc) is 2.95. The number of fused-ring (bicyclic) bond motifs is 1. The summed E-state index contributed by atoms with van der Waals surface area (Å²) in [5.74, 6) is -0.0936. The largest absolute Gasteiger partial charge is 0.379 e. The van der Waals surface area contributed by atoms with Gasteiger partial charge in [0.05, 0.1) is 30.4 Å². The zero-order chi connectivity index (χ0) is 26.3. The van der Waals surface area contributed by atoms with Crippen molar-refractivity contribution in [3.05, 3.63) is 100.0 Å². The second-order valence-corrected chi connectivity index (χ2v) is 10.7. The molecule has 6 nitrogen and oxygen atoms in total. The number of para-hydroxylation sites is 1. The third kappa shape index (κ3) is 6.54. The fraction of sp³-hybridized carbons (Fsp3) is 0.290. The molecule has 1 fully saturated rings. The molecule has 7 heteroatoms. The Morgan fingerprint density at radius 2 is 1.74 bits per heavy atom. The molecule has 2 amide bonds. The molecule has 0 unspecified atom stereocenters. The van der Waals surface area contributed by atoms with Gasteiger partial charge in [0.25, 0.3) is 11.8 Å². The molecule has 2 aliphatic heterocycles. The molecule has 0 aromatic heterocycles. The molecule has 2 aliphatic rings. The van der Waals surface area contributed by atoms with Crippen molar-refractivity contribution in [3.8, 4) is 0 Å². The molecule has 0 spiro atoms. The molecule has 0 bridgehead atoms. The van der Waals surface area contributed by atoms with Gasteiger partial charge in [-0.1, -0.05) is 65.9 Å². The van der Waals surface area contributed by atoms with E-state index in [1.807, 2.05) is 53.4 Å². The predicted molar refractivity (Wildman–Crippen MR) is 153 cm³/mol. The minimum Gasteiger partial charge on any atom is -0.379 e. The summed E-state index contributed by atoms with van der Waals surface area (Å²) in [7, 11) is 0. The maximum atomic E-state index is 13.6. The SMILES string of the molecule is Cc1ccc(CN2C(=O)/C(=C\c3ccc(C(=O)NCCCN4CCOCC4)cc3)Sc3ccccc32)cc1. The van der Waals surface area contributed by atoms with Crippen LogP contribution in [0.4, 0.5) is 5.69 Å². The van der Waals surface area contributed by atoms with Crippen LogP contribution >= 0.6 is 11.8 Å². The van der Waals surface area contributed by atoms with Crippen molar-refractivity contribution in [1.29, 1.82) is 0 Å². The normalized spacial score (nSPS) is 16.9. The van der Waals surface area contributed by atoms with Crippen LogP contribution in [-0.2, 0) is 16.1 Å². The summed E-state index contributed by atoms with van der Waals surface area (Å²) in [5, 5.41) is 3.01. The van der Waals surface area contributed by atoms with Gasteiger partial charge in [0.2, 0.25) is 0 Å². The third-order valence-electron chi connectivity index (χ3n) is 6.80. The first-order chi connectivity index (χ1) is 18.6. The van der Waals surface area contributed by atoms with Gasteiger partial charge < -0.3 is 15.0 Å². The van der Waals surface area contributed by atoms with E-state index in [-0.39, 0.29) is 11.8 Å². The number of carbonyl (C=O) groups excluding carboxylic acids is 2. The monoisotopic (exact) mass is 527 g/mol. The number of thioether (sulfide) groups is 1. The summed E-state index contributed by atoms with van der Waals surface area (Å²) in [6.07, 6.45) is 2.82. The highest BCUT2D eigenvalue weighted by Gasteiger charge is 2.29. The quantitative estimate of drug-likeness (QED) is 0.325. The van der Waals surface area contributed by atoms with Crippen LogP contribution in [0.2, 0.25) is 0 Å². The number of anilines is 1. The smallest absolute Gasteiger partial charge is 0.265 e. The van der Waals surface area contributed by atoms with Crippen LogP contribution in [0.3, 0.4) is 0 Å². The minimum absolute atomic E-state index is 0.0173. The molecule has 0 radical (unpaired) electrons. The van der Waals surface area contributed by atoms with Crippen LogP contribution in [0.5, 0.6) is 0 Å². The van der Waals surface area contributed by atoms with Gasteiger partial charge in [0, 0.05) is 30.1 Å². The Balaban J connectivity index is 1.24. The summed E-state index contributed by atoms with van der Waals surface area (Å²) in [5.41, 5.74) is 4.72. The van der Waals surface area contributed by atoms with Gasteiger partial charge in [-0.3, -0.25) is 14.5 Å². The number of hydrogen-bond donors (Lipinski definition) is 1. The van der Waals surface area contributed by atoms with E-state index in [2.05, 4.69) is 47.5 Å². The van der Waals surface area contributed by atoms with Crippen molar-refractivity contribution >= 4 is 35.3 Å². The predicted octanol–water partition coefficient (Wildman–Crippen LogP) is 5.13. The van der Waals surface area contributed by atoms with Gasteiger partial charge in [-0.25, -0.2) is 0 Å². The van der Waals surface area contributed by atoms with E-state index in [0.717, 1.165) is 61.0 Å². The second-order valence-electron chi connectivity index (χ2n) is 9.64. The van der Waals surface area contributed by atoms with E-state index in [4.69, 9.17) is 4.74 Å². The van der Waals surface area contributed by atoms with Gasteiger partial charge in [0.15, 0.2) is 0 Å². The van der Waals surface area contributed by atoms with Crippen LogP contribution in [0.25, 0.3) is 6.08 Å². The van der Waals surface area contributed by atoms with Gasteiger partial charge in [-0.15, -0.1) is 0 Å². The van der Waals surface area contributed by atoms with Crippen LogP contribution in [-0.4, -0.2) is 56.1 Å². The maximum absolute atomic E-state index is 13.6. The summed E-state index contributed by atoms with van der Waals surface area (Å²) in [6.45, 7) is 7.67. The standard InChI is InChI=1S/C31H33N3O3S/c1-23-7-9-25(10-8-23)22-34-27-5-2-3-6-28(27)38-29(31(34)36)21-24-11-13-26(14-12-24)30(35)32-15-4-16-33-17-19-37-20-18-33/h2-3,5-14,21H,4,15-20,22H2,1H3,(H,32,35)/b29-21+. The van der Waals surface area contributed by atoms with Crippen molar-refractivity contribution in [2.75, 3.05) is 44.3 Å². The van der Waals surface area contributed by atoms with Crippen molar-refractivity contribution in [2.45, 2.75) is 24.8 Å². The first kappa shape index (κ1) is 26.2. The van der Waals surface area contributed by atoms with Gasteiger partial charge >= 0.3 is 0 Å². The summed E-state index contributed by atoms with van der Waals surface area (Å²) >= 11 is 1.49. The lowest BCUT2D eigenvalue weighted by atomic mass is 10.1. The highest BCUT2D eigenvalue weighted by atomic mass is 32.2. The Labute approximate surface area is 228 Å². The topological polar surface area (TPSA) is 61.9 Å². The van der Waals surface area contributed by atoms with E-state index >= 15 is 0 Å². The second kappa shape index (κ2) is 12.4. The lowest BCUT2D eigenvalue weighted by molar-refractivity contribution is -0.114. The van der Waals surface area contributed by atoms with Gasteiger partial charge in [0.1, 0.15) is 0 Å². The molecular weight excluding hydrogens is 494 g/mol. The molecular formula is C31H33N3O3S. The number of amides is 2. The molecule has 1 saturated heterocycles. The summed E-state index contributed by atoms with van der Waals surface area (Å²) < 4.78 is 5.38. The summed E-state index contributed by atoms with van der Waals surface area (Å²) in [6, 6.07) is 23.7. The number of aryl methyl sites for hydroxylation is 1. The molecule has 1 N–H and O–H groups in total. The molecule has 3 aromatic carbocycles. The van der Waals surface area contributed by atoms with E-state index < -0.39 is 0 Å². The Bertz CT molecular complexity index is 1300. The molecule has 0 atom stereocenters.